The maximum absolute atomic E-state index is 10.4. The summed E-state index contributed by atoms with van der Waals surface area (Å²) in [5.41, 5.74) is 1.14. The van der Waals surface area contributed by atoms with Gasteiger partial charge in [0.25, 0.3) is 0 Å². The molecule has 0 amide bonds. The fourth-order valence-corrected chi connectivity index (χ4v) is 0.878. The standard InChI is InChI=1S/C9H11O/c1-8(7-10)9-5-3-2-4-6-9/h2-6,8H,7H2,1H3/q-1. The molecule has 0 radical (unpaired) electrons. The Morgan fingerprint density at radius 1 is 1.30 bits per heavy atom. The first-order valence-electron chi connectivity index (χ1n) is 3.47. The molecule has 0 N–H and O–H groups in total. The molecule has 0 aromatic heterocycles. The van der Waals surface area contributed by atoms with E-state index in [4.69, 9.17) is 0 Å². The molecule has 1 aromatic carbocycles. The molecule has 1 heteroatoms. The third kappa shape index (κ3) is 1.58. The number of hydrogen-bond donors (Lipinski definition) is 0. The van der Waals surface area contributed by atoms with E-state index in [2.05, 4.69) is 0 Å². The molecule has 1 unspecified atom stereocenters. The molecule has 1 rings (SSSR count). The minimum atomic E-state index is -0.0238. The lowest BCUT2D eigenvalue weighted by molar-refractivity contribution is -0.371. The van der Waals surface area contributed by atoms with E-state index in [1.807, 2.05) is 37.3 Å². The van der Waals surface area contributed by atoms with Crippen molar-refractivity contribution >= 4 is 0 Å². The summed E-state index contributed by atoms with van der Waals surface area (Å²) < 4.78 is 0. The minimum absolute atomic E-state index is 0.0238. The predicted molar refractivity (Wildman–Crippen MR) is 39.7 cm³/mol. The van der Waals surface area contributed by atoms with Gasteiger partial charge in [-0.3, -0.25) is 0 Å². The van der Waals surface area contributed by atoms with Crippen LogP contribution in [-0.2, 0) is 0 Å². The van der Waals surface area contributed by atoms with Crippen molar-refractivity contribution in [1.82, 2.24) is 0 Å². The minimum Gasteiger partial charge on any atom is -0.854 e. The zero-order valence-electron chi connectivity index (χ0n) is 6.08. The van der Waals surface area contributed by atoms with Crippen molar-refractivity contribution < 1.29 is 5.11 Å². The largest absolute Gasteiger partial charge is 0.854 e. The second-order valence-corrected chi connectivity index (χ2v) is 2.48. The Balaban J connectivity index is 2.75. The maximum atomic E-state index is 10.4. The van der Waals surface area contributed by atoms with Crippen molar-refractivity contribution in [3.63, 3.8) is 0 Å². The van der Waals surface area contributed by atoms with Gasteiger partial charge in [0.2, 0.25) is 0 Å². The molecule has 0 aliphatic heterocycles. The van der Waals surface area contributed by atoms with Crippen molar-refractivity contribution in [3.05, 3.63) is 35.9 Å². The lowest BCUT2D eigenvalue weighted by Crippen LogP contribution is -2.13. The van der Waals surface area contributed by atoms with Crippen LogP contribution in [0.25, 0.3) is 0 Å². The lowest BCUT2D eigenvalue weighted by Gasteiger charge is -2.13. The Kier molecular flexibility index (Phi) is 2.46. The van der Waals surface area contributed by atoms with E-state index < -0.39 is 0 Å². The maximum Gasteiger partial charge on any atom is -0.0344 e. The molecule has 0 aliphatic carbocycles. The van der Waals surface area contributed by atoms with Crippen LogP contribution in [0, 0.1) is 0 Å². The number of rotatable bonds is 2. The molecule has 54 valence electrons. The molecule has 0 saturated heterocycles. The Morgan fingerprint density at radius 3 is 2.40 bits per heavy atom. The quantitative estimate of drug-likeness (QED) is 0.596. The third-order valence-electron chi connectivity index (χ3n) is 1.62. The highest BCUT2D eigenvalue weighted by molar-refractivity contribution is 5.18. The van der Waals surface area contributed by atoms with Gasteiger partial charge in [0.15, 0.2) is 0 Å². The van der Waals surface area contributed by atoms with Crippen molar-refractivity contribution in [2.45, 2.75) is 12.8 Å². The van der Waals surface area contributed by atoms with Gasteiger partial charge in [-0.2, -0.15) is 0 Å². The van der Waals surface area contributed by atoms with Gasteiger partial charge in [-0.15, -0.1) is 6.61 Å². The SMILES string of the molecule is CC(C[O-])c1ccccc1. The first kappa shape index (κ1) is 7.29. The smallest absolute Gasteiger partial charge is 0.0344 e. The fraction of sp³-hybridized carbons (Fsp3) is 0.333. The van der Waals surface area contributed by atoms with E-state index in [-0.39, 0.29) is 12.5 Å². The summed E-state index contributed by atoms with van der Waals surface area (Å²) in [5, 5.41) is 10.4. The average Bonchev–Trinajstić information content (AvgIpc) is 2.05. The van der Waals surface area contributed by atoms with E-state index in [1.54, 1.807) is 0 Å². The highest BCUT2D eigenvalue weighted by atomic mass is 16.3. The van der Waals surface area contributed by atoms with Gasteiger partial charge in [0, 0.05) is 0 Å². The first-order chi connectivity index (χ1) is 4.84. The first-order valence-corrected chi connectivity index (χ1v) is 3.47. The topological polar surface area (TPSA) is 23.1 Å². The summed E-state index contributed by atoms with van der Waals surface area (Å²) in [6.45, 7) is 1.92. The van der Waals surface area contributed by atoms with E-state index in [0.717, 1.165) is 5.56 Å². The summed E-state index contributed by atoms with van der Waals surface area (Å²) in [6, 6.07) is 9.86. The van der Waals surface area contributed by atoms with Crippen molar-refractivity contribution in [2.24, 2.45) is 0 Å². The summed E-state index contributed by atoms with van der Waals surface area (Å²) in [4.78, 5) is 0. The molecule has 1 aromatic rings. The summed E-state index contributed by atoms with van der Waals surface area (Å²) in [5.74, 6) is 0.154. The van der Waals surface area contributed by atoms with Crippen LogP contribution in [0.1, 0.15) is 18.4 Å². The molecule has 0 saturated carbocycles. The molecular weight excluding hydrogens is 124 g/mol. The Bertz CT molecular complexity index is 181. The van der Waals surface area contributed by atoms with Crippen LogP contribution in [0.5, 0.6) is 0 Å². The second-order valence-electron chi connectivity index (χ2n) is 2.48. The third-order valence-corrected chi connectivity index (χ3v) is 1.62. The van der Waals surface area contributed by atoms with Crippen LogP contribution in [0.4, 0.5) is 0 Å². The van der Waals surface area contributed by atoms with Crippen molar-refractivity contribution in [1.29, 1.82) is 0 Å². The van der Waals surface area contributed by atoms with E-state index in [0.29, 0.717) is 0 Å². The predicted octanol–water partition coefficient (Wildman–Crippen LogP) is 1.15. The Labute approximate surface area is 61.3 Å². The number of benzene rings is 1. The molecule has 0 aliphatic rings. The second kappa shape index (κ2) is 3.37. The van der Waals surface area contributed by atoms with Crippen LogP contribution in [0.2, 0.25) is 0 Å². The van der Waals surface area contributed by atoms with E-state index in [9.17, 15) is 5.11 Å². The summed E-state index contributed by atoms with van der Waals surface area (Å²) in [6.07, 6.45) is 0. The summed E-state index contributed by atoms with van der Waals surface area (Å²) in [7, 11) is 0. The van der Waals surface area contributed by atoms with Gasteiger partial charge >= 0.3 is 0 Å². The molecule has 0 heterocycles. The zero-order valence-corrected chi connectivity index (χ0v) is 6.08. The molecular formula is C9H11O-. The van der Waals surface area contributed by atoms with E-state index >= 15 is 0 Å². The van der Waals surface area contributed by atoms with E-state index in [1.165, 1.54) is 0 Å². The number of hydrogen-bond acceptors (Lipinski definition) is 1. The Morgan fingerprint density at radius 2 is 1.90 bits per heavy atom. The normalized spacial score (nSPS) is 13.0. The van der Waals surface area contributed by atoms with Crippen LogP contribution in [-0.4, -0.2) is 6.61 Å². The van der Waals surface area contributed by atoms with Gasteiger partial charge in [0.1, 0.15) is 0 Å². The molecule has 0 spiro atoms. The van der Waals surface area contributed by atoms with Crippen LogP contribution in [0.3, 0.4) is 0 Å². The van der Waals surface area contributed by atoms with Gasteiger partial charge in [0.05, 0.1) is 0 Å². The fourth-order valence-electron chi connectivity index (χ4n) is 0.878. The highest BCUT2D eigenvalue weighted by Crippen LogP contribution is 2.11. The monoisotopic (exact) mass is 135 g/mol. The van der Waals surface area contributed by atoms with Gasteiger partial charge < -0.3 is 5.11 Å². The molecule has 1 atom stereocenters. The van der Waals surface area contributed by atoms with Crippen LogP contribution in [0.15, 0.2) is 30.3 Å². The zero-order chi connectivity index (χ0) is 7.40. The molecule has 10 heavy (non-hydrogen) atoms. The van der Waals surface area contributed by atoms with Crippen molar-refractivity contribution in [2.75, 3.05) is 6.61 Å². The molecule has 0 bridgehead atoms. The van der Waals surface area contributed by atoms with Gasteiger partial charge in [-0.1, -0.05) is 37.3 Å². The lowest BCUT2D eigenvalue weighted by atomic mass is 10.0. The van der Waals surface area contributed by atoms with Crippen LogP contribution < -0.4 is 5.11 Å². The highest BCUT2D eigenvalue weighted by Gasteiger charge is 1.95. The van der Waals surface area contributed by atoms with Crippen molar-refractivity contribution in [3.8, 4) is 0 Å². The summed E-state index contributed by atoms with van der Waals surface area (Å²) >= 11 is 0. The van der Waals surface area contributed by atoms with Gasteiger partial charge in [-0.05, 0) is 11.5 Å². The van der Waals surface area contributed by atoms with Crippen LogP contribution >= 0.6 is 0 Å². The van der Waals surface area contributed by atoms with Gasteiger partial charge in [-0.25, -0.2) is 0 Å². The Hall–Kier alpha value is -0.820. The average molecular weight is 135 g/mol. The molecule has 0 fully saturated rings. The molecule has 1 nitrogen and oxygen atoms in total.